The fraction of sp³-hybridized carbons (Fsp3) is 0.217. The number of rotatable bonds is 10. The molecule has 0 unspecified atom stereocenters. The Kier molecular flexibility index (Phi) is 8.02. The van der Waals surface area contributed by atoms with E-state index in [9.17, 15) is 9.59 Å². The van der Waals surface area contributed by atoms with Crippen molar-refractivity contribution < 1.29 is 9.53 Å². The molecule has 2 N–H and O–H groups in total. The van der Waals surface area contributed by atoms with Crippen molar-refractivity contribution in [3.8, 4) is 21.8 Å². The largest absolute Gasteiger partial charge is 0.462 e. The van der Waals surface area contributed by atoms with Gasteiger partial charge < -0.3 is 15.0 Å². The topological polar surface area (TPSA) is 97.0 Å². The fourth-order valence-corrected chi connectivity index (χ4v) is 4.20. The van der Waals surface area contributed by atoms with Crippen LogP contribution in [0.3, 0.4) is 0 Å². The predicted octanol–water partition coefficient (Wildman–Crippen LogP) is 5.24. The molecule has 0 spiro atoms. The number of pyridine rings is 2. The van der Waals surface area contributed by atoms with Crippen LogP contribution in [-0.2, 0) is 4.74 Å². The molecule has 0 bridgehead atoms. The lowest BCUT2D eigenvalue weighted by Crippen LogP contribution is -2.16. The Morgan fingerprint density at radius 1 is 1.41 bits per heavy atom. The Morgan fingerprint density at radius 2 is 2.22 bits per heavy atom. The Labute approximate surface area is 194 Å². The van der Waals surface area contributed by atoms with Gasteiger partial charge in [0, 0.05) is 29.4 Å². The van der Waals surface area contributed by atoms with Crippen LogP contribution in [0.2, 0.25) is 0 Å². The molecule has 3 rings (SSSR count). The van der Waals surface area contributed by atoms with Gasteiger partial charge in [0.1, 0.15) is 10.8 Å². The van der Waals surface area contributed by atoms with Gasteiger partial charge in [-0.3, -0.25) is 4.79 Å². The number of aryl methyl sites for hydroxylation is 1. The number of carbonyl (C=O) groups excluding carboxylic acids is 1. The van der Waals surface area contributed by atoms with E-state index in [2.05, 4.69) is 33.4 Å². The average molecular weight is 469 g/mol. The molecule has 0 aliphatic rings. The highest BCUT2D eigenvalue weighted by atomic mass is 32.2. The molecule has 0 saturated carbocycles. The van der Waals surface area contributed by atoms with E-state index in [4.69, 9.17) is 4.74 Å². The number of thiazole rings is 1. The van der Waals surface area contributed by atoms with Crippen LogP contribution in [0.1, 0.15) is 29.4 Å². The molecule has 3 aromatic rings. The monoisotopic (exact) mass is 468 g/mol. The highest BCUT2D eigenvalue weighted by Gasteiger charge is 2.17. The zero-order chi connectivity index (χ0) is 23.1. The van der Waals surface area contributed by atoms with E-state index in [-0.39, 0.29) is 12.2 Å². The van der Waals surface area contributed by atoms with Crippen molar-refractivity contribution >= 4 is 34.9 Å². The lowest BCUT2D eigenvalue weighted by atomic mass is 10.1. The lowest BCUT2D eigenvalue weighted by Gasteiger charge is -2.07. The van der Waals surface area contributed by atoms with Crippen LogP contribution >= 0.6 is 23.1 Å². The molecule has 32 heavy (non-hydrogen) atoms. The predicted molar refractivity (Wildman–Crippen MR) is 132 cm³/mol. The zero-order valence-electron chi connectivity index (χ0n) is 17.9. The molecule has 0 saturated heterocycles. The molecule has 7 nitrogen and oxygen atoms in total. The molecule has 3 heterocycles. The molecule has 0 radical (unpaired) electrons. The number of aromatic nitrogens is 3. The van der Waals surface area contributed by atoms with Gasteiger partial charge in [0.15, 0.2) is 0 Å². The molecule has 0 amide bonds. The van der Waals surface area contributed by atoms with E-state index in [1.165, 1.54) is 23.1 Å². The number of nitrogens with zero attached hydrogens (tertiary/aromatic N) is 2. The number of hydrogen-bond donors (Lipinski definition) is 2. The maximum absolute atomic E-state index is 12.5. The van der Waals surface area contributed by atoms with E-state index >= 15 is 0 Å². The first-order valence-corrected chi connectivity index (χ1v) is 11.7. The summed E-state index contributed by atoms with van der Waals surface area (Å²) in [5.74, 6) is 0.255. The second-order valence-corrected chi connectivity index (χ2v) is 8.74. The number of aromatic amines is 1. The highest BCUT2D eigenvalue weighted by Crippen LogP contribution is 2.29. The van der Waals surface area contributed by atoms with Gasteiger partial charge in [0.25, 0.3) is 5.56 Å². The SMILES string of the molecule is C=CSC(=C)CCNc1cc(-c2nc(-c3cc(C(=O)OCC)c(C)[nH]c3=O)cs2)ccn1. The number of thioether (sulfide) groups is 1. The lowest BCUT2D eigenvalue weighted by molar-refractivity contribution is 0.0525. The van der Waals surface area contributed by atoms with E-state index in [0.717, 1.165) is 27.7 Å². The van der Waals surface area contributed by atoms with Gasteiger partial charge >= 0.3 is 5.97 Å². The average Bonchev–Trinajstić information content (AvgIpc) is 3.24. The Hall–Kier alpha value is -3.17. The Morgan fingerprint density at radius 3 is 2.97 bits per heavy atom. The maximum Gasteiger partial charge on any atom is 0.339 e. The number of ether oxygens (including phenoxy) is 1. The minimum absolute atomic E-state index is 0.257. The van der Waals surface area contributed by atoms with Crippen molar-refractivity contribution in [2.45, 2.75) is 20.3 Å². The van der Waals surface area contributed by atoms with Crippen molar-refractivity contribution in [1.82, 2.24) is 15.0 Å². The van der Waals surface area contributed by atoms with E-state index in [1.54, 1.807) is 36.9 Å². The first-order valence-electron chi connectivity index (χ1n) is 9.95. The van der Waals surface area contributed by atoms with E-state index in [1.807, 2.05) is 12.1 Å². The van der Waals surface area contributed by atoms with Gasteiger partial charge in [0.05, 0.1) is 23.4 Å². The van der Waals surface area contributed by atoms with Crippen molar-refractivity contribution in [2.75, 3.05) is 18.5 Å². The number of H-pyrrole nitrogens is 1. The normalized spacial score (nSPS) is 10.6. The van der Waals surface area contributed by atoms with Gasteiger partial charge in [-0.25, -0.2) is 14.8 Å². The van der Waals surface area contributed by atoms with Crippen LogP contribution in [-0.4, -0.2) is 34.1 Å². The Bertz CT molecular complexity index is 1200. The molecule has 0 aliphatic carbocycles. The Balaban J connectivity index is 1.81. The second-order valence-electron chi connectivity index (χ2n) is 6.74. The van der Waals surface area contributed by atoms with Crippen LogP contribution in [0.4, 0.5) is 5.82 Å². The summed E-state index contributed by atoms with van der Waals surface area (Å²) >= 11 is 2.93. The molecule has 0 aromatic carbocycles. The molecule has 0 atom stereocenters. The quantitative estimate of drug-likeness (QED) is 0.393. The van der Waals surface area contributed by atoms with Crippen molar-refractivity contribution in [3.63, 3.8) is 0 Å². The van der Waals surface area contributed by atoms with Gasteiger partial charge in [-0.1, -0.05) is 13.2 Å². The summed E-state index contributed by atoms with van der Waals surface area (Å²) in [5, 5.41) is 7.59. The summed E-state index contributed by atoms with van der Waals surface area (Å²) in [6, 6.07) is 5.32. The van der Waals surface area contributed by atoms with Crippen LogP contribution in [0.25, 0.3) is 21.8 Å². The van der Waals surface area contributed by atoms with Gasteiger partial charge in [-0.2, -0.15) is 0 Å². The number of carbonyl (C=O) groups is 1. The van der Waals surface area contributed by atoms with E-state index in [0.29, 0.717) is 29.1 Å². The van der Waals surface area contributed by atoms with Crippen molar-refractivity contribution in [1.29, 1.82) is 0 Å². The van der Waals surface area contributed by atoms with Gasteiger partial charge in [0.2, 0.25) is 0 Å². The first kappa shape index (κ1) is 23.5. The zero-order valence-corrected chi connectivity index (χ0v) is 19.6. The summed E-state index contributed by atoms with van der Waals surface area (Å²) in [7, 11) is 0. The third kappa shape index (κ3) is 5.74. The third-order valence-electron chi connectivity index (χ3n) is 4.48. The molecule has 0 fully saturated rings. The van der Waals surface area contributed by atoms with E-state index < -0.39 is 5.97 Å². The summed E-state index contributed by atoms with van der Waals surface area (Å²) < 4.78 is 5.08. The third-order valence-corrected chi connectivity index (χ3v) is 6.08. The van der Waals surface area contributed by atoms with Crippen LogP contribution in [0.5, 0.6) is 0 Å². The number of esters is 1. The minimum Gasteiger partial charge on any atom is -0.462 e. The summed E-state index contributed by atoms with van der Waals surface area (Å²) in [6.07, 6.45) is 2.51. The fourth-order valence-electron chi connectivity index (χ4n) is 2.93. The number of nitrogens with one attached hydrogen (secondary N) is 2. The molecular formula is C23H24N4O3S2. The van der Waals surface area contributed by atoms with Crippen molar-refractivity contribution in [3.05, 3.63) is 74.9 Å². The van der Waals surface area contributed by atoms with Gasteiger partial charge in [-0.05, 0) is 48.8 Å². The summed E-state index contributed by atoms with van der Waals surface area (Å²) in [5.41, 5.74) is 2.19. The second kappa shape index (κ2) is 10.9. The first-order chi connectivity index (χ1) is 15.4. The summed E-state index contributed by atoms with van der Waals surface area (Å²) in [6.45, 7) is 12.0. The number of hydrogen-bond acceptors (Lipinski definition) is 8. The van der Waals surface area contributed by atoms with Crippen LogP contribution in [0, 0.1) is 6.92 Å². The maximum atomic E-state index is 12.5. The molecule has 3 aromatic heterocycles. The van der Waals surface area contributed by atoms with Crippen LogP contribution in [0.15, 0.2) is 58.0 Å². The highest BCUT2D eigenvalue weighted by molar-refractivity contribution is 8.05. The number of anilines is 1. The van der Waals surface area contributed by atoms with Crippen molar-refractivity contribution in [2.24, 2.45) is 0 Å². The molecule has 9 heteroatoms. The standard InChI is InChI=1S/C23H24N4O3S2/c1-5-30-23(29)17-12-18(21(28)26-15(17)4)19-13-32-22(27-19)16-8-10-25-20(11-16)24-9-7-14(3)31-6-2/h6,8,10-13H,2-3,5,7,9H2,1,4H3,(H,24,25)(H,26,28). The minimum atomic E-state index is -0.475. The summed E-state index contributed by atoms with van der Waals surface area (Å²) in [4.78, 5) is 37.4. The molecule has 0 aliphatic heterocycles. The molecule has 166 valence electrons. The van der Waals surface area contributed by atoms with Crippen LogP contribution < -0.4 is 10.9 Å². The molecular weight excluding hydrogens is 444 g/mol. The smallest absolute Gasteiger partial charge is 0.339 e. The van der Waals surface area contributed by atoms with Gasteiger partial charge in [-0.15, -0.1) is 23.1 Å².